The molecule has 0 aliphatic heterocycles. The van der Waals surface area contributed by atoms with Crippen LogP contribution in [0.2, 0.25) is 0 Å². The Labute approximate surface area is 185 Å². The maximum Gasteiger partial charge on any atom is 0.351 e. The Morgan fingerprint density at radius 1 is 0.935 bits per heavy atom. The van der Waals surface area contributed by atoms with Crippen molar-refractivity contribution in [1.29, 1.82) is 0 Å². The summed E-state index contributed by atoms with van der Waals surface area (Å²) in [5.74, 6) is 0. The molecular weight excluding hydrogens is 435 g/mol. The van der Waals surface area contributed by atoms with Crippen LogP contribution in [-0.2, 0) is 36.6 Å². The van der Waals surface area contributed by atoms with Crippen molar-refractivity contribution in [2.24, 2.45) is 0 Å². The van der Waals surface area contributed by atoms with Crippen molar-refractivity contribution in [3.05, 3.63) is 77.4 Å². The Hall–Kier alpha value is -1.76. The number of allylic oxidation sites excluding steroid dienone is 1. The zero-order chi connectivity index (χ0) is 22.7. The van der Waals surface area contributed by atoms with Crippen LogP contribution >= 0.6 is 7.60 Å². The molecule has 2 rings (SSSR count). The molecule has 0 aromatic heterocycles. The van der Waals surface area contributed by atoms with E-state index in [1.807, 2.05) is 42.5 Å². The molecule has 0 amide bonds. The highest BCUT2D eigenvalue weighted by Gasteiger charge is 2.43. The summed E-state index contributed by atoms with van der Waals surface area (Å²) < 4.78 is 56.2. The van der Waals surface area contributed by atoms with Gasteiger partial charge in [-0.3, -0.25) is 9.12 Å². The van der Waals surface area contributed by atoms with Crippen molar-refractivity contribution in [2.75, 3.05) is 13.2 Å². The van der Waals surface area contributed by atoms with E-state index in [0.29, 0.717) is 0 Å². The van der Waals surface area contributed by atoms with Crippen molar-refractivity contribution >= 4 is 23.8 Å². The number of aryl methyl sites for hydroxylation is 2. The lowest BCUT2D eigenvalue weighted by Crippen LogP contribution is -2.22. The van der Waals surface area contributed by atoms with Crippen LogP contribution in [0, 0.1) is 0 Å². The van der Waals surface area contributed by atoms with Gasteiger partial charge in [0, 0.05) is 0 Å². The summed E-state index contributed by atoms with van der Waals surface area (Å²) >= 11 is 0. The van der Waals surface area contributed by atoms with E-state index in [4.69, 9.17) is 9.05 Å². The molecule has 0 spiro atoms. The molecule has 6 nitrogen and oxygen atoms in total. The second kappa shape index (κ2) is 12.3. The Bertz CT molecular complexity index is 961. The van der Waals surface area contributed by atoms with Gasteiger partial charge in [0.2, 0.25) is 0 Å². The molecule has 0 saturated heterocycles. The number of hydrogen-bond donors (Lipinski definition) is 1. The van der Waals surface area contributed by atoms with Crippen molar-refractivity contribution in [1.82, 2.24) is 0 Å². The third-order valence-corrected chi connectivity index (χ3v) is 9.32. The van der Waals surface area contributed by atoms with Gasteiger partial charge in [-0.05, 0) is 56.2 Å². The Balaban J connectivity index is 1.97. The van der Waals surface area contributed by atoms with Gasteiger partial charge in [-0.1, -0.05) is 66.7 Å². The fourth-order valence-corrected chi connectivity index (χ4v) is 6.77. The zero-order valence-electron chi connectivity index (χ0n) is 18.0. The molecular formula is C23H31O6PS. The average Bonchev–Trinajstić information content (AvgIpc) is 2.72. The summed E-state index contributed by atoms with van der Waals surface area (Å²) in [5, 5.41) is 0. The number of hydrogen-bond acceptors (Lipinski definition) is 5. The molecule has 31 heavy (non-hydrogen) atoms. The van der Waals surface area contributed by atoms with E-state index in [1.54, 1.807) is 26.0 Å². The van der Waals surface area contributed by atoms with E-state index in [2.05, 4.69) is 12.1 Å². The fourth-order valence-electron chi connectivity index (χ4n) is 3.23. The van der Waals surface area contributed by atoms with Gasteiger partial charge in [0.15, 0.2) is 4.99 Å². The van der Waals surface area contributed by atoms with E-state index in [9.17, 15) is 17.5 Å². The summed E-state index contributed by atoms with van der Waals surface area (Å²) in [5.41, 5.74) is 3.43. The second-order valence-electron chi connectivity index (χ2n) is 7.06. The van der Waals surface area contributed by atoms with Crippen molar-refractivity contribution in [3.8, 4) is 0 Å². The lowest BCUT2D eigenvalue weighted by atomic mass is 10.0. The summed E-state index contributed by atoms with van der Waals surface area (Å²) in [4.78, 5) is -1.66. The van der Waals surface area contributed by atoms with Gasteiger partial charge in [0.05, 0.1) is 13.2 Å². The highest BCUT2D eigenvalue weighted by Crippen LogP contribution is 2.56. The lowest BCUT2D eigenvalue weighted by molar-refractivity contribution is 0.216. The van der Waals surface area contributed by atoms with Crippen LogP contribution in [0.3, 0.4) is 0 Å². The molecule has 1 atom stereocenters. The van der Waals surface area contributed by atoms with Crippen LogP contribution in [0.1, 0.15) is 43.4 Å². The van der Waals surface area contributed by atoms with E-state index in [1.165, 1.54) is 11.1 Å². The van der Waals surface area contributed by atoms with Crippen LogP contribution < -0.4 is 0 Å². The first kappa shape index (κ1) is 25.5. The van der Waals surface area contributed by atoms with Crippen LogP contribution in [0.15, 0.2) is 60.7 Å². The molecule has 1 unspecified atom stereocenters. The van der Waals surface area contributed by atoms with Crippen molar-refractivity contribution < 1.29 is 26.6 Å². The molecule has 1 N–H and O–H groups in total. The van der Waals surface area contributed by atoms with Crippen molar-refractivity contribution in [2.45, 2.75) is 44.5 Å². The minimum absolute atomic E-state index is 0.0126. The molecule has 2 aromatic carbocycles. The van der Waals surface area contributed by atoms with E-state index >= 15 is 0 Å². The molecule has 0 radical (unpaired) electrons. The highest BCUT2D eigenvalue weighted by atomic mass is 32.2. The largest absolute Gasteiger partial charge is 0.351 e. The first-order valence-electron chi connectivity index (χ1n) is 10.4. The van der Waals surface area contributed by atoms with Crippen LogP contribution in [0.4, 0.5) is 0 Å². The van der Waals surface area contributed by atoms with Crippen LogP contribution in [0.25, 0.3) is 6.08 Å². The summed E-state index contributed by atoms with van der Waals surface area (Å²) in [6, 6.07) is 18.3. The minimum Gasteiger partial charge on any atom is -0.308 e. The minimum atomic E-state index is -4.63. The van der Waals surface area contributed by atoms with E-state index in [-0.39, 0.29) is 19.6 Å². The molecule has 2 aromatic rings. The van der Waals surface area contributed by atoms with Gasteiger partial charge in [-0.2, -0.15) is 8.42 Å². The standard InChI is InChI=1S/C23H31O6PS/c1-3-28-30(24,29-4-2)23(31(25,26)27)15-9-14-22-18-16-21(17-19-22)13-8-12-20-10-6-5-7-11-20/h5-7,9-11,14,16-19,23H,3-4,8,12-13,15H2,1-2H3,(H,25,26,27). The van der Waals surface area contributed by atoms with Crippen LogP contribution in [-0.4, -0.2) is 31.2 Å². The molecule has 0 aliphatic carbocycles. The normalized spacial score (nSPS) is 13.5. The summed E-state index contributed by atoms with van der Waals surface area (Å²) in [6.07, 6.45) is 6.16. The van der Waals surface area contributed by atoms with Gasteiger partial charge in [-0.15, -0.1) is 0 Å². The molecule has 0 saturated carbocycles. The molecule has 170 valence electrons. The van der Waals surface area contributed by atoms with Crippen molar-refractivity contribution in [3.63, 3.8) is 0 Å². The van der Waals surface area contributed by atoms with Crippen LogP contribution in [0.5, 0.6) is 0 Å². The molecule has 0 aliphatic rings. The fraction of sp³-hybridized carbons (Fsp3) is 0.391. The summed E-state index contributed by atoms with van der Waals surface area (Å²) in [7, 11) is -8.63. The average molecular weight is 467 g/mol. The zero-order valence-corrected chi connectivity index (χ0v) is 19.7. The monoisotopic (exact) mass is 466 g/mol. The first-order chi connectivity index (χ1) is 14.8. The molecule has 0 heterocycles. The SMILES string of the molecule is CCOP(=O)(OCC)C(CC=Cc1ccc(CCCc2ccccc2)cc1)S(=O)(=O)O. The predicted octanol–water partition coefficient (Wildman–Crippen LogP) is 5.75. The molecule has 0 fully saturated rings. The third kappa shape index (κ3) is 8.36. The lowest BCUT2D eigenvalue weighted by Gasteiger charge is -2.23. The number of benzene rings is 2. The first-order valence-corrected chi connectivity index (χ1v) is 13.5. The van der Waals surface area contributed by atoms with E-state index in [0.717, 1.165) is 24.8 Å². The summed E-state index contributed by atoms with van der Waals surface area (Å²) in [6.45, 7) is 3.20. The maximum atomic E-state index is 12.8. The van der Waals surface area contributed by atoms with Gasteiger partial charge in [0.1, 0.15) is 0 Å². The topological polar surface area (TPSA) is 89.9 Å². The maximum absolute atomic E-state index is 12.8. The quantitative estimate of drug-likeness (QED) is 0.299. The van der Waals surface area contributed by atoms with Gasteiger partial charge >= 0.3 is 7.60 Å². The predicted molar refractivity (Wildman–Crippen MR) is 125 cm³/mol. The van der Waals surface area contributed by atoms with Gasteiger partial charge < -0.3 is 9.05 Å². The van der Waals surface area contributed by atoms with E-state index < -0.39 is 22.7 Å². The molecule has 8 heteroatoms. The molecule has 0 bridgehead atoms. The third-order valence-electron chi connectivity index (χ3n) is 4.72. The highest BCUT2D eigenvalue weighted by molar-refractivity contribution is 7.94. The Morgan fingerprint density at radius 3 is 2.00 bits per heavy atom. The Kier molecular flexibility index (Phi) is 10.1. The van der Waals surface area contributed by atoms with Gasteiger partial charge in [-0.25, -0.2) is 0 Å². The van der Waals surface area contributed by atoms with Gasteiger partial charge in [0.25, 0.3) is 10.1 Å². The second-order valence-corrected chi connectivity index (χ2v) is 11.2. The smallest absolute Gasteiger partial charge is 0.308 e. The Morgan fingerprint density at radius 2 is 1.48 bits per heavy atom. The number of rotatable bonds is 13.